The van der Waals surface area contributed by atoms with Gasteiger partial charge in [-0.2, -0.15) is 13.2 Å². The molecule has 5 nitrogen and oxygen atoms in total. The number of aryl methyl sites for hydroxylation is 2. The fourth-order valence-corrected chi connectivity index (χ4v) is 2.72. The molecular formula is C22H17F3N2O3. The molecule has 0 fully saturated rings. The molecule has 3 aromatic rings. The molecule has 0 aliphatic carbocycles. The van der Waals surface area contributed by atoms with E-state index in [1.165, 1.54) is 0 Å². The molecule has 154 valence electrons. The van der Waals surface area contributed by atoms with E-state index in [-0.39, 0.29) is 11.5 Å². The highest BCUT2D eigenvalue weighted by Gasteiger charge is 2.33. The fraction of sp³-hybridized carbons (Fsp3) is 0.136. The van der Waals surface area contributed by atoms with E-state index in [2.05, 4.69) is 4.99 Å². The summed E-state index contributed by atoms with van der Waals surface area (Å²) >= 11 is 0. The summed E-state index contributed by atoms with van der Waals surface area (Å²) in [5.41, 5.74) is 1.39. The second kappa shape index (κ2) is 8.36. The molecule has 0 saturated heterocycles. The first-order valence-corrected chi connectivity index (χ1v) is 8.89. The first kappa shape index (κ1) is 21.0. The Morgan fingerprint density at radius 3 is 2.43 bits per heavy atom. The number of alkyl halides is 3. The van der Waals surface area contributed by atoms with Gasteiger partial charge in [-0.1, -0.05) is 24.3 Å². The summed E-state index contributed by atoms with van der Waals surface area (Å²) in [4.78, 5) is 14.8. The highest BCUT2D eigenvalue weighted by Crippen LogP contribution is 2.38. The molecule has 0 aliphatic rings. The van der Waals surface area contributed by atoms with Gasteiger partial charge in [-0.15, -0.1) is 0 Å². The summed E-state index contributed by atoms with van der Waals surface area (Å²) in [5, 5.41) is 11.3. The Hall–Kier alpha value is -3.68. The van der Waals surface area contributed by atoms with E-state index in [4.69, 9.17) is 4.74 Å². The minimum absolute atomic E-state index is 0.231. The van der Waals surface area contributed by atoms with E-state index in [0.29, 0.717) is 11.6 Å². The molecule has 0 unspecified atom stereocenters. The van der Waals surface area contributed by atoms with E-state index < -0.39 is 22.4 Å². The molecule has 0 aliphatic heterocycles. The number of nitro benzene ring substituents is 1. The topological polar surface area (TPSA) is 64.7 Å². The van der Waals surface area contributed by atoms with Crippen LogP contribution in [0, 0.1) is 24.0 Å². The molecule has 0 aromatic heterocycles. The van der Waals surface area contributed by atoms with Crippen molar-refractivity contribution in [1.82, 2.24) is 0 Å². The van der Waals surface area contributed by atoms with Crippen LogP contribution in [0.3, 0.4) is 0 Å². The maximum atomic E-state index is 12.9. The third-order valence-electron chi connectivity index (χ3n) is 4.33. The van der Waals surface area contributed by atoms with Crippen molar-refractivity contribution in [2.24, 2.45) is 4.99 Å². The molecule has 0 spiro atoms. The molecule has 8 heteroatoms. The lowest BCUT2D eigenvalue weighted by atomic mass is 10.1. The van der Waals surface area contributed by atoms with Crippen LogP contribution < -0.4 is 4.74 Å². The number of hydrogen-bond donors (Lipinski definition) is 0. The number of halogens is 3. The number of aliphatic imine (C=N–C) groups is 1. The zero-order valence-corrected chi connectivity index (χ0v) is 16.1. The van der Waals surface area contributed by atoms with Gasteiger partial charge in [-0.05, 0) is 55.3 Å². The number of rotatable bonds is 5. The average molecular weight is 414 g/mol. The Balaban J connectivity index is 1.96. The Kier molecular flexibility index (Phi) is 5.86. The molecule has 0 N–H and O–H groups in total. The van der Waals surface area contributed by atoms with Crippen molar-refractivity contribution in [3.63, 3.8) is 0 Å². The van der Waals surface area contributed by atoms with Gasteiger partial charge in [0, 0.05) is 17.8 Å². The maximum absolute atomic E-state index is 12.9. The van der Waals surface area contributed by atoms with Crippen molar-refractivity contribution in [2.75, 3.05) is 0 Å². The van der Waals surface area contributed by atoms with Crippen LogP contribution in [-0.4, -0.2) is 11.1 Å². The largest absolute Gasteiger partial charge is 0.449 e. The predicted octanol–water partition coefficient (Wildman–Crippen LogP) is 6.77. The van der Waals surface area contributed by atoms with Gasteiger partial charge in [-0.25, -0.2) is 0 Å². The van der Waals surface area contributed by atoms with Crippen molar-refractivity contribution < 1.29 is 22.8 Å². The number of ether oxygens (including phenoxy) is 1. The van der Waals surface area contributed by atoms with Crippen molar-refractivity contribution in [2.45, 2.75) is 20.0 Å². The Bertz CT molecular complexity index is 1120. The van der Waals surface area contributed by atoms with Crippen LogP contribution in [0.15, 0.2) is 65.7 Å². The summed E-state index contributed by atoms with van der Waals surface area (Å²) in [6, 6.07) is 14.6. The van der Waals surface area contributed by atoms with Gasteiger partial charge >= 0.3 is 11.9 Å². The van der Waals surface area contributed by atoms with E-state index in [1.54, 1.807) is 30.5 Å². The third-order valence-corrected chi connectivity index (χ3v) is 4.33. The highest BCUT2D eigenvalue weighted by molar-refractivity contribution is 5.86. The first-order valence-electron chi connectivity index (χ1n) is 8.89. The Morgan fingerprint density at radius 1 is 1.00 bits per heavy atom. The molecule has 0 atom stereocenters. The standard InChI is InChI=1S/C22H17F3N2O3/c1-14-7-8-15(2)18(11-14)26-13-16-5-3-4-6-20(16)30-21-10-9-17(22(23,24)25)12-19(21)27(28)29/h3-13H,1-2H3. The molecule has 3 rings (SSSR count). The van der Waals surface area contributed by atoms with E-state index in [0.717, 1.165) is 28.9 Å². The monoisotopic (exact) mass is 414 g/mol. The highest BCUT2D eigenvalue weighted by atomic mass is 19.4. The lowest BCUT2D eigenvalue weighted by Crippen LogP contribution is -2.06. The lowest BCUT2D eigenvalue weighted by Gasteiger charge is -2.11. The van der Waals surface area contributed by atoms with Crippen LogP contribution in [0.25, 0.3) is 0 Å². The van der Waals surface area contributed by atoms with Crippen molar-refractivity contribution in [3.05, 3.63) is 93.0 Å². The molecule has 0 radical (unpaired) electrons. The van der Waals surface area contributed by atoms with E-state index in [1.807, 2.05) is 32.0 Å². The van der Waals surface area contributed by atoms with Gasteiger partial charge in [0.25, 0.3) is 0 Å². The predicted molar refractivity (Wildman–Crippen MR) is 108 cm³/mol. The number of nitro groups is 1. The zero-order valence-electron chi connectivity index (χ0n) is 16.1. The van der Waals surface area contributed by atoms with Gasteiger partial charge < -0.3 is 4.74 Å². The molecule has 30 heavy (non-hydrogen) atoms. The quantitative estimate of drug-likeness (QED) is 0.263. The molecular weight excluding hydrogens is 397 g/mol. The molecule has 0 bridgehead atoms. The number of benzene rings is 3. The van der Waals surface area contributed by atoms with Gasteiger partial charge in [0.1, 0.15) is 5.75 Å². The van der Waals surface area contributed by atoms with Gasteiger partial charge in [-0.3, -0.25) is 15.1 Å². The Morgan fingerprint density at radius 2 is 1.73 bits per heavy atom. The minimum Gasteiger partial charge on any atom is -0.449 e. The summed E-state index contributed by atoms with van der Waals surface area (Å²) in [7, 11) is 0. The van der Waals surface area contributed by atoms with Crippen LogP contribution in [0.4, 0.5) is 24.5 Å². The van der Waals surface area contributed by atoms with Crippen LogP contribution in [0.1, 0.15) is 22.3 Å². The van der Waals surface area contributed by atoms with Crippen LogP contribution >= 0.6 is 0 Å². The Labute approximate surface area is 170 Å². The molecule has 0 saturated carbocycles. The van der Waals surface area contributed by atoms with E-state index in [9.17, 15) is 23.3 Å². The molecule has 0 amide bonds. The zero-order chi connectivity index (χ0) is 21.9. The second-order valence-corrected chi connectivity index (χ2v) is 6.63. The minimum atomic E-state index is -4.69. The van der Waals surface area contributed by atoms with Crippen molar-refractivity contribution >= 4 is 17.6 Å². The first-order chi connectivity index (χ1) is 14.1. The lowest BCUT2D eigenvalue weighted by molar-refractivity contribution is -0.385. The van der Waals surface area contributed by atoms with Crippen molar-refractivity contribution in [3.8, 4) is 11.5 Å². The average Bonchev–Trinajstić information content (AvgIpc) is 2.69. The maximum Gasteiger partial charge on any atom is 0.416 e. The van der Waals surface area contributed by atoms with E-state index >= 15 is 0 Å². The summed E-state index contributed by atoms with van der Waals surface area (Å²) in [6.45, 7) is 3.86. The molecule has 0 heterocycles. The summed E-state index contributed by atoms with van der Waals surface area (Å²) < 4.78 is 44.3. The number of para-hydroxylation sites is 1. The summed E-state index contributed by atoms with van der Waals surface area (Å²) in [5.74, 6) is -0.0602. The normalized spacial score (nSPS) is 11.6. The van der Waals surface area contributed by atoms with Gasteiger partial charge in [0.2, 0.25) is 5.75 Å². The van der Waals surface area contributed by atoms with Crippen LogP contribution in [0.5, 0.6) is 11.5 Å². The SMILES string of the molecule is Cc1ccc(C)c(N=Cc2ccccc2Oc2ccc(C(F)(F)F)cc2[N+](=O)[O-])c1. The van der Waals surface area contributed by atoms with Gasteiger partial charge in [0.05, 0.1) is 16.2 Å². The molecule has 3 aromatic carbocycles. The number of hydrogen-bond acceptors (Lipinski definition) is 4. The fourth-order valence-electron chi connectivity index (χ4n) is 2.72. The summed E-state index contributed by atoms with van der Waals surface area (Å²) in [6.07, 6.45) is -3.15. The third kappa shape index (κ3) is 4.83. The van der Waals surface area contributed by atoms with Crippen molar-refractivity contribution in [1.29, 1.82) is 0 Å². The second-order valence-electron chi connectivity index (χ2n) is 6.63. The number of nitrogens with zero attached hydrogens (tertiary/aromatic N) is 2. The van der Waals surface area contributed by atoms with Crippen LogP contribution in [-0.2, 0) is 6.18 Å². The van der Waals surface area contributed by atoms with Gasteiger partial charge in [0.15, 0.2) is 0 Å². The van der Waals surface area contributed by atoms with Crippen LogP contribution in [0.2, 0.25) is 0 Å². The smallest absolute Gasteiger partial charge is 0.416 e.